The van der Waals surface area contributed by atoms with Crippen molar-refractivity contribution < 1.29 is 22.5 Å². The first-order chi connectivity index (χ1) is 19.1. The predicted molar refractivity (Wildman–Crippen MR) is 157 cm³/mol. The number of hydrogen-bond acceptors (Lipinski definition) is 6. The number of nitrogens with one attached hydrogen (secondary N) is 1. The van der Waals surface area contributed by atoms with Gasteiger partial charge in [-0.05, 0) is 65.6 Å². The number of nitrogens with zero attached hydrogens (tertiary/aromatic N) is 1. The maximum atomic E-state index is 12.7. The minimum absolute atomic E-state index is 0.00568. The lowest BCUT2D eigenvalue weighted by Crippen LogP contribution is -2.13. The molecule has 7 nitrogen and oxygen atoms in total. The number of amides is 1. The lowest BCUT2D eigenvalue weighted by atomic mass is 9.92. The first-order valence-electron chi connectivity index (χ1n) is 13.5. The Balaban J connectivity index is 1.55. The maximum Gasteiger partial charge on any atom is 0.239 e. The molecule has 1 N–H and O–H groups in total. The molecule has 3 aromatic carbocycles. The van der Waals surface area contributed by atoms with E-state index in [0.717, 1.165) is 46.4 Å². The van der Waals surface area contributed by atoms with E-state index in [0.29, 0.717) is 23.4 Å². The van der Waals surface area contributed by atoms with Gasteiger partial charge in [0.15, 0.2) is 9.84 Å². The molecule has 1 amide bonds. The fourth-order valence-electron chi connectivity index (χ4n) is 4.72. The summed E-state index contributed by atoms with van der Waals surface area (Å²) >= 11 is 0. The first kappa shape index (κ1) is 27.6. The summed E-state index contributed by atoms with van der Waals surface area (Å²) in [5.41, 5.74) is 6.69. The summed E-state index contributed by atoms with van der Waals surface area (Å²) in [6.45, 7) is 6.71. The number of hydrogen-bond donors (Lipinski definition) is 1. The lowest BCUT2D eigenvalue weighted by molar-refractivity contribution is -0.117. The highest BCUT2D eigenvalue weighted by molar-refractivity contribution is 7.89. The van der Waals surface area contributed by atoms with Crippen molar-refractivity contribution in [1.29, 1.82) is 0 Å². The predicted octanol–water partition coefficient (Wildman–Crippen LogP) is 6.91. The summed E-state index contributed by atoms with van der Waals surface area (Å²) in [5.74, 6) is 1.16. The molecule has 0 spiro atoms. The van der Waals surface area contributed by atoms with Gasteiger partial charge in [0.2, 0.25) is 11.8 Å². The third-order valence-corrected chi connectivity index (χ3v) is 7.88. The van der Waals surface area contributed by atoms with E-state index in [1.807, 2.05) is 55.5 Å². The molecule has 1 saturated carbocycles. The van der Waals surface area contributed by atoms with Crippen LogP contribution in [0.25, 0.3) is 22.4 Å². The van der Waals surface area contributed by atoms with Gasteiger partial charge in [-0.3, -0.25) is 10.1 Å². The Morgan fingerprint density at radius 1 is 1.05 bits per heavy atom. The van der Waals surface area contributed by atoms with E-state index in [1.54, 1.807) is 12.1 Å². The Morgan fingerprint density at radius 2 is 1.75 bits per heavy atom. The van der Waals surface area contributed by atoms with Crippen LogP contribution in [0.3, 0.4) is 0 Å². The second-order valence-corrected chi connectivity index (χ2v) is 13.0. The Labute approximate surface area is 235 Å². The van der Waals surface area contributed by atoms with E-state index in [2.05, 4.69) is 30.4 Å². The van der Waals surface area contributed by atoms with Gasteiger partial charge in [0.25, 0.3) is 0 Å². The third kappa shape index (κ3) is 6.45. The van der Waals surface area contributed by atoms with Crippen LogP contribution in [0.5, 0.6) is 5.75 Å². The van der Waals surface area contributed by atoms with Crippen molar-refractivity contribution in [2.45, 2.75) is 51.9 Å². The molecule has 1 heterocycles. The Bertz CT molecular complexity index is 1620. The van der Waals surface area contributed by atoms with Gasteiger partial charge < -0.3 is 9.26 Å². The molecule has 1 aromatic heterocycles. The first-order valence-corrected chi connectivity index (χ1v) is 15.5. The third-order valence-electron chi connectivity index (χ3n) is 7.02. The SMILES string of the molecule is Cc1cc(OCc2ccccc2)c(C(C)C)cc1-c1noc(NC(=O)C2CC2)c1-c1ccc(CS(C)(=O)=O)cc1. The monoisotopic (exact) mass is 558 g/mol. The van der Waals surface area contributed by atoms with Gasteiger partial charge in [0, 0.05) is 17.7 Å². The van der Waals surface area contributed by atoms with Crippen LogP contribution in [-0.4, -0.2) is 25.7 Å². The van der Waals surface area contributed by atoms with Gasteiger partial charge in [-0.2, -0.15) is 0 Å². The number of sulfone groups is 1. The Morgan fingerprint density at radius 3 is 2.38 bits per heavy atom. The van der Waals surface area contributed by atoms with Gasteiger partial charge in [0.05, 0.1) is 11.3 Å². The molecule has 8 heteroatoms. The minimum atomic E-state index is -3.17. The summed E-state index contributed by atoms with van der Waals surface area (Å²) in [6, 6.07) is 21.4. The van der Waals surface area contributed by atoms with Crippen LogP contribution in [0.15, 0.2) is 71.3 Å². The minimum Gasteiger partial charge on any atom is -0.489 e. The second kappa shape index (κ2) is 11.3. The van der Waals surface area contributed by atoms with Crippen molar-refractivity contribution in [3.63, 3.8) is 0 Å². The molecule has 0 radical (unpaired) electrons. The van der Waals surface area contributed by atoms with Gasteiger partial charge in [-0.1, -0.05) is 73.6 Å². The van der Waals surface area contributed by atoms with Crippen LogP contribution in [0.1, 0.15) is 54.9 Å². The molecule has 40 heavy (non-hydrogen) atoms. The standard InChI is InChI=1S/C32H34N2O5S/c1-20(2)26-17-27(21(3)16-28(26)38-18-22-8-6-5-7-9-22)30-29(32(39-34-30)33-31(35)25-14-15-25)24-12-10-23(11-13-24)19-40(4,36)37/h5-13,16-17,20,25H,14-15,18-19H2,1-4H3,(H,33,35). The number of carbonyl (C=O) groups excluding carboxylic acids is 1. The van der Waals surface area contributed by atoms with Gasteiger partial charge >= 0.3 is 0 Å². The molecule has 1 aliphatic carbocycles. The van der Waals surface area contributed by atoms with Gasteiger partial charge in [-0.15, -0.1) is 0 Å². The zero-order chi connectivity index (χ0) is 28.4. The van der Waals surface area contributed by atoms with Crippen molar-refractivity contribution in [1.82, 2.24) is 5.16 Å². The topological polar surface area (TPSA) is 98.5 Å². The maximum absolute atomic E-state index is 12.7. The summed E-state index contributed by atoms with van der Waals surface area (Å²) in [7, 11) is -3.17. The van der Waals surface area contributed by atoms with Crippen molar-refractivity contribution in [3.05, 3.63) is 89.0 Å². The van der Waals surface area contributed by atoms with Crippen LogP contribution < -0.4 is 10.1 Å². The Hall–Kier alpha value is -3.91. The molecule has 1 aliphatic rings. The summed E-state index contributed by atoms with van der Waals surface area (Å²) in [5, 5.41) is 7.37. The molecule has 5 rings (SSSR count). The normalized spacial score (nSPS) is 13.4. The van der Waals surface area contributed by atoms with Gasteiger partial charge in [0.1, 0.15) is 18.1 Å². The van der Waals surface area contributed by atoms with Crippen LogP contribution in [0.4, 0.5) is 5.88 Å². The highest BCUT2D eigenvalue weighted by Gasteiger charge is 2.32. The molecule has 0 saturated heterocycles. The molecule has 0 bridgehead atoms. The quantitative estimate of drug-likeness (QED) is 0.227. The summed E-state index contributed by atoms with van der Waals surface area (Å²) in [4.78, 5) is 12.7. The molecule has 0 atom stereocenters. The highest BCUT2D eigenvalue weighted by atomic mass is 32.2. The van der Waals surface area contributed by atoms with E-state index < -0.39 is 9.84 Å². The van der Waals surface area contributed by atoms with E-state index in [4.69, 9.17) is 9.26 Å². The fourth-order valence-corrected chi connectivity index (χ4v) is 5.52. The number of aromatic nitrogens is 1. The van der Waals surface area contributed by atoms with Crippen LogP contribution in [0.2, 0.25) is 0 Å². The Kier molecular flexibility index (Phi) is 7.81. The molecule has 208 valence electrons. The zero-order valence-corrected chi connectivity index (χ0v) is 24.0. The highest BCUT2D eigenvalue weighted by Crippen LogP contribution is 2.43. The summed E-state index contributed by atoms with van der Waals surface area (Å²) in [6.07, 6.45) is 2.94. The average molecular weight is 559 g/mol. The number of ether oxygens (including phenoxy) is 1. The van der Waals surface area contributed by atoms with Crippen molar-refractivity contribution in [3.8, 4) is 28.1 Å². The molecular formula is C32H34N2O5S. The van der Waals surface area contributed by atoms with Crippen LogP contribution >= 0.6 is 0 Å². The largest absolute Gasteiger partial charge is 0.489 e. The molecule has 0 unspecified atom stereocenters. The number of aryl methyl sites for hydroxylation is 1. The average Bonchev–Trinajstić information content (AvgIpc) is 3.69. The smallest absolute Gasteiger partial charge is 0.239 e. The number of anilines is 1. The van der Waals surface area contributed by atoms with E-state index >= 15 is 0 Å². The zero-order valence-electron chi connectivity index (χ0n) is 23.2. The second-order valence-electron chi connectivity index (χ2n) is 10.9. The molecule has 1 fully saturated rings. The number of carbonyl (C=O) groups is 1. The fraction of sp³-hybridized carbons (Fsp3) is 0.312. The van der Waals surface area contributed by atoms with E-state index in [1.165, 1.54) is 6.26 Å². The summed E-state index contributed by atoms with van der Waals surface area (Å²) < 4.78 is 35.6. The number of rotatable bonds is 10. The molecule has 4 aromatic rings. The molecule has 0 aliphatic heterocycles. The van der Waals surface area contributed by atoms with Crippen LogP contribution in [-0.2, 0) is 27.0 Å². The van der Waals surface area contributed by atoms with Crippen molar-refractivity contribution in [2.24, 2.45) is 5.92 Å². The van der Waals surface area contributed by atoms with E-state index in [-0.39, 0.29) is 29.4 Å². The van der Waals surface area contributed by atoms with Crippen LogP contribution in [0, 0.1) is 12.8 Å². The van der Waals surface area contributed by atoms with E-state index in [9.17, 15) is 13.2 Å². The molecular weight excluding hydrogens is 524 g/mol. The van der Waals surface area contributed by atoms with Gasteiger partial charge in [-0.25, -0.2) is 8.42 Å². The van der Waals surface area contributed by atoms with Crippen molar-refractivity contribution >= 4 is 21.6 Å². The number of benzene rings is 3. The lowest BCUT2D eigenvalue weighted by Gasteiger charge is -2.18. The van der Waals surface area contributed by atoms with Crippen molar-refractivity contribution in [2.75, 3.05) is 11.6 Å².